The monoisotopic (exact) mass is 316 g/mol. The van der Waals surface area contributed by atoms with Crippen molar-refractivity contribution in [3.63, 3.8) is 0 Å². The Bertz CT molecular complexity index is 453. The van der Waals surface area contributed by atoms with E-state index in [1.165, 1.54) is 56.1 Å². The lowest BCUT2D eigenvalue weighted by Crippen LogP contribution is -2.41. The molecule has 0 spiro atoms. The van der Waals surface area contributed by atoms with E-state index in [4.69, 9.17) is 5.73 Å². The molecule has 0 aromatic heterocycles. The first-order chi connectivity index (χ1) is 11.1. The molecule has 1 aliphatic heterocycles. The summed E-state index contributed by atoms with van der Waals surface area (Å²) in [6, 6.07) is 9.81. The summed E-state index contributed by atoms with van der Waals surface area (Å²) < 4.78 is 0. The molecular weight excluding hydrogens is 280 g/mol. The summed E-state index contributed by atoms with van der Waals surface area (Å²) in [5, 5.41) is 0. The van der Waals surface area contributed by atoms with Crippen LogP contribution in [0.25, 0.3) is 0 Å². The second-order valence-corrected chi connectivity index (χ2v) is 7.61. The number of nitrogens with two attached hydrogens (primary N) is 1. The minimum atomic E-state index is -0.00340. The second-order valence-electron chi connectivity index (χ2n) is 7.61. The van der Waals surface area contributed by atoms with Crippen LogP contribution >= 0.6 is 0 Å². The van der Waals surface area contributed by atoms with Crippen molar-refractivity contribution in [2.45, 2.75) is 83.2 Å². The topological polar surface area (TPSA) is 29.3 Å². The van der Waals surface area contributed by atoms with Gasteiger partial charge < -0.3 is 5.73 Å². The number of hydrogen-bond donors (Lipinski definition) is 1. The summed E-state index contributed by atoms with van der Waals surface area (Å²) in [4.78, 5) is 2.42. The van der Waals surface area contributed by atoms with Gasteiger partial charge in [0.05, 0.1) is 0 Å². The van der Waals surface area contributed by atoms with E-state index in [-0.39, 0.29) is 5.54 Å². The van der Waals surface area contributed by atoms with Crippen molar-refractivity contribution in [1.29, 1.82) is 0 Å². The number of benzene rings is 1. The number of hydrogen-bond acceptors (Lipinski definition) is 2. The summed E-state index contributed by atoms with van der Waals surface area (Å²) in [5.41, 5.74) is 9.39. The molecule has 2 unspecified atom stereocenters. The molecule has 0 amide bonds. The van der Waals surface area contributed by atoms with Crippen LogP contribution in [0.15, 0.2) is 24.3 Å². The van der Waals surface area contributed by atoms with Crippen LogP contribution in [0.5, 0.6) is 0 Å². The molecule has 1 aliphatic rings. The van der Waals surface area contributed by atoms with E-state index < -0.39 is 0 Å². The molecule has 23 heavy (non-hydrogen) atoms. The van der Waals surface area contributed by atoms with Crippen molar-refractivity contribution in [3.8, 4) is 0 Å². The highest BCUT2D eigenvalue weighted by Gasteiger charge is 2.38. The maximum absolute atomic E-state index is 6.48. The van der Waals surface area contributed by atoms with Crippen LogP contribution in [0.1, 0.15) is 82.4 Å². The first-order valence-electron chi connectivity index (χ1n) is 9.66. The third kappa shape index (κ3) is 5.32. The average Bonchev–Trinajstić information content (AvgIpc) is 2.87. The van der Waals surface area contributed by atoms with Gasteiger partial charge in [-0.25, -0.2) is 0 Å². The molecule has 1 fully saturated rings. The Balaban J connectivity index is 1.80. The van der Waals surface area contributed by atoms with Crippen LogP contribution in [0, 0.1) is 0 Å². The Labute approximate surface area is 143 Å². The molecule has 2 atom stereocenters. The first kappa shape index (κ1) is 18.5. The van der Waals surface area contributed by atoms with E-state index in [0.29, 0.717) is 6.04 Å². The van der Waals surface area contributed by atoms with Crippen LogP contribution in [0.4, 0.5) is 0 Å². The number of likely N-dealkylation sites (N-methyl/N-ethyl adjacent to an activating group) is 1. The molecule has 1 aromatic rings. The van der Waals surface area contributed by atoms with E-state index in [0.717, 1.165) is 19.4 Å². The molecule has 1 aromatic carbocycles. The zero-order chi connectivity index (χ0) is 16.7. The predicted octanol–water partition coefficient (Wildman–Crippen LogP) is 5.07. The molecule has 2 nitrogen and oxygen atoms in total. The Kier molecular flexibility index (Phi) is 7.10. The van der Waals surface area contributed by atoms with Gasteiger partial charge in [-0.15, -0.1) is 0 Å². The van der Waals surface area contributed by atoms with Gasteiger partial charge in [-0.1, -0.05) is 70.2 Å². The fraction of sp³-hybridized carbons (Fsp3) is 0.714. The van der Waals surface area contributed by atoms with Crippen LogP contribution in [0.2, 0.25) is 0 Å². The highest BCUT2D eigenvalue weighted by atomic mass is 15.2. The summed E-state index contributed by atoms with van der Waals surface area (Å²) in [5.74, 6) is 0. The summed E-state index contributed by atoms with van der Waals surface area (Å²) in [7, 11) is 2.21. The maximum atomic E-state index is 6.48. The summed E-state index contributed by atoms with van der Waals surface area (Å²) >= 11 is 0. The standard InChI is InChI=1S/C21H36N2/c1-4-6-7-8-9-10-11-18-12-14-19(15-13-18)20-16-21(22,5-2)17-23(20)3/h12-15,20H,4-11,16-17,22H2,1-3H3. The maximum Gasteiger partial charge on any atom is 0.0363 e. The summed E-state index contributed by atoms with van der Waals surface area (Å²) in [6.07, 6.45) is 11.6. The van der Waals surface area contributed by atoms with E-state index in [2.05, 4.69) is 50.1 Å². The minimum Gasteiger partial charge on any atom is -0.324 e. The molecule has 130 valence electrons. The Hall–Kier alpha value is -0.860. The van der Waals surface area contributed by atoms with Crippen LogP contribution in [0.3, 0.4) is 0 Å². The lowest BCUT2D eigenvalue weighted by molar-refractivity contribution is 0.307. The Morgan fingerprint density at radius 2 is 1.70 bits per heavy atom. The summed E-state index contributed by atoms with van der Waals surface area (Å²) in [6.45, 7) is 5.49. The molecular formula is C21H36N2. The van der Waals surface area contributed by atoms with Crippen molar-refractivity contribution in [2.24, 2.45) is 5.73 Å². The number of unbranched alkanes of at least 4 members (excludes halogenated alkanes) is 5. The number of rotatable bonds is 9. The van der Waals surface area contributed by atoms with Crippen molar-refractivity contribution in [2.75, 3.05) is 13.6 Å². The molecule has 2 heteroatoms. The first-order valence-corrected chi connectivity index (χ1v) is 9.66. The van der Waals surface area contributed by atoms with Gasteiger partial charge in [-0.2, -0.15) is 0 Å². The van der Waals surface area contributed by atoms with Gasteiger partial charge in [0.2, 0.25) is 0 Å². The van der Waals surface area contributed by atoms with Crippen LogP contribution < -0.4 is 5.73 Å². The van der Waals surface area contributed by atoms with Crippen molar-refractivity contribution < 1.29 is 0 Å². The number of nitrogens with zero attached hydrogens (tertiary/aromatic N) is 1. The Morgan fingerprint density at radius 3 is 2.30 bits per heavy atom. The van der Waals surface area contributed by atoms with Gasteiger partial charge in [-0.05, 0) is 43.9 Å². The molecule has 2 N–H and O–H groups in total. The van der Waals surface area contributed by atoms with Crippen LogP contribution in [-0.2, 0) is 6.42 Å². The fourth-order valence-corrected chi connectivity index (χ4v) is 3.86. The third-order valence-electron chi connectivity index (χ3n) is 5.58. The zero-order valence-electron chi connectivity index (χ0n) is 15.5. The lowest BCUT2D eigenvalue weighted by Gasteiger charge is -2.20. The predicted molar refractivity (Wildman–Crippen MR) is 101 cm³/mol. The lowest BCUT2D eigenvalue weighted by atomic mass is 9.91. The van der Waals surface area contributed by atoms with Crippen molar-refractivity contribution >= 4 is 0 Å². The third-order valence-corrected chi connectivity index (χ3v) is 5.58. The van der Waals surface area contributed by atoms with Crippen molar-refractivity contribution in [1.82, 2.24) is 4.90 Å². The SMILES string of the molecule is CCCCCCCCc1ccc(C2CC(N)(CC)CN2C)cc1. The smallest absolute Gasteiger partial charge is 0.0363 e. The zero-order valence-corrected chi connectivity index (χ0v) is 15.5. The van der Waals surface area contributed by atoms with Crippen LogP contribution in [-0.4, -0.2) is 24.0 Å². The highest BCUT2D eigenvalue weighted by Crippen LogP contribution is 2.36. The molecule has 0 aliphatic carbocycles. The van der Waals surface area contributed by atoms with E-state index in [1.807, 2.05) is 0 Å². The average molecular weight is 317 g/mol. The molecule has 0 radical (unpaired) electrons. The Morgan fingerprint density at radius 1 is 1.04 bits per heavy atom. The molecule has 2 rings (SSSR count). The van der Waals surface area contributed by atoms with E-state index in [9.17, 15) is 0 Å². The molecule has 0 bridgehead atoms. The van der Waals surface area contributed by atoms with Crippen molar-refractivity contribution in [3.05, 3.63) is 35.4 Å². The molecule has 1 heterocycles. The van der Waals surface area contributed by atoms with E-state index in [1.54, 1.807) is 0 Å². The van der Waals surface area contributed by atoms with Gasteiger partial charge >= 0.3 is 0 Å². The van der Waals surface area contributed by atoms with Gasteiger partial charge in [-0.3, -0.25) is 4.90 Å². The quantitative estimate of drug-likeness (QED) is 0.644. The normalized spacial score (nSPS) is 25.1. The number of likely N-dealkylation sites (tertiary alicyclic amines) is 1. The van der Waals surface area contributed by atoms with Gasteiger partial charge in [0.15, 0.2) is 0 Å². The van der Waals surface area contributed by atoms with Gasteiger partial charge in [0.25, 0.3) is 0 Å². The second kappa shape index (κ2) is 8.84. The van der Waals surface area contributed by atoms with Gasteiger partial charge in [0, 0.05) is 18.1 Å². The molecule has 1 saturated heterocycles. The van der Waals surface area contributed by atoms with E-state index >= 15 is 0 Å². The fourth-order valence-electron chi connectivity index (χ4n) is 3.86. The number of aryl methyl sites for hydroxylation is 1. The minimum absolute atomic E-state index is 0.00340. The van der Waals surface area contributed by atoms with Gasteiger partial charge in [0.1, 0.15) is 0 Å². The largest absolute Gasteiger partial charge is 0.324 e. The highest BCUT2D eigenvalue weighted by molar-refractivity contribution is 5.27. The molecule has 0 saturated carbocycles.